The summed E-state index contributed by atoms with van der Waals surface area (Å²) in [6, 6.07) is 4.42. The van der Waals surface area contributed by atoms with E-state index in [1.54, 1.807) is 0 Å². The van der Waals surface area contributed by atoms with Crippen LogP contribution in [0.3, 0.4) is 0 Å². The van der Waals surface area contributed by atoms with E-state index in [1.165, 1.54) is 22.8 Å². The number of aromatic amines is 1. The van der Waals surface area contributed by atoms with Crippen LogP contribution in [0.5, 0.6) is 0 Å². The van der Waals surface area contributed by atoms with E-state index >= 15 is 0 Å². The molecular weight excluding hydrogens is 269 g/mol. The van der Waals surface area contributed by atoms with Gasteiger partial charge in [0.05, 0.1) is 4.90 Å². The number of carbonyl (C=O) groups excluding carboxylic acids is 1. The molecule has 0 aliphatic heterocycles. The average Bonchev–Trinajstić information content (AvgIpc) is 3.17. The second-order valence-electron chi connectivity index (χ2n) is 4.29. The van der Waals surface area contributed by atoms with Gasteiger partial charge in [0.1, 0.15) is 5.82 Å². The van der Waals surface area contributed by atoms with Gasteiger partial charge in [-0.1, -0.05) is 12.1 Å². The summed E-state index contributed by atoms with van der Waals surface area (Å²) in [6.45, 7) is 0. The van der Waals surface area contributed by atoms with E-state index in [1.807, 2.05) is 0 Å². The van der Waals surface area contributed by atoms with Crippen molar-refractivity contribution in [3.05, 3.63) is 40.1 Å². The smallest absolute Gasteiger partial charge is 0.298 e. The molecule has 0 atom stereocenters. The van der Waals surface area contributed by atoms with E-state index in [2.05, 4.69) is 10.2 Å². The monoisotopic (exact) mass is 279 g/mol. The summed E-state index contributed by atoms with van der Waals surface area (Å²) in [5, 5.41) is 6.65. The zero-order chi connectivity index (χ0) is 13.4. The normalized spacial score (nSPS) is 14.6. The van der Waals surface area contributed by atoms with Crippen LogP contribution in [0.2, 0.25) is 0 Å². The number of carbonyl (C=O) groups is 1. The molecule has 7 heteroatoms. The molecule has 1 aliphatic rings. The molecule has 0 amide bonds. The molecule has 2 aromatic rings. The first-order valence-electron chi connectivity index (χ1n) is 5.79. The number of benzene rings is 1. The molecule has 0 saturated heterocycles. The molecule has 1 aliphatic carbocycles. The summed E-state index contributed by atoms with van der Waals surface area (Å²) in [7, 11) is 0. The van der Waals surface area contributed by atoms with Crippen molar-refractivity contribution >= 4 is 18.0 Å². The van der Waals surface area contributed by atoms with Crippen LogP contribution in [0.1, 0.15) is 29.2 Å². The number of hydrogen-bond acceptors (Lipinski definition) is 4. The SMILES string of the molecule is O=Cc1cccc(F)c1Sc1n[nH]c(=O)n1C1CC1. The predicted octanol–water partition coefficient (Wildman–Crippen LogP) is 2.01. The first-order valence-corrected chi connectivity index (χ1v) is 6.61. The van der Waals surface area contributed by atoms with Gasteiger partial charge < -0.3 is 0 Å². The van der Waals surface area contributed by atoms with Crippen LogP contribution in [0.25, 0.3) is 0 Å². The molecule has 0 bridgehead atoms. The number of aldehydes is 1. The molecule has 19 heavy (non-hydrogen) atoms. The standard InChI is InChI=1S/C12H10FN3O2S/c13-9-3-1-2-7(6-17)10(9)19-12-15-14-11(18)16(12)8-4-5-8/h1-3,6,8H,4-5H2,(H,14,18). The number of hydrogen-bond donors (Lipinski definition) is 1. The Labute approximate surface area is 111 Å². The maximum atomic E-state index is 13.8. The maximum absolute atomic E-state index is 13.8. The van der Waals surface area contributed by atoms with E-state index in [-0.39, 0.29) is 22.2 Å². The van der Waals surface area contributed by atoms with Gasteiger partial charge in [-0.05, 0) is 30.7 Å². The van der Waals surface area contributed by atoms with Crippen molar-refractivity contribution in [3.63, 3.8) is 0 Å². The van der Waals surface area contributed by atoms with Crippen molar-refractivity contribution in [2.24, 2.45) is 0 Å². The Morgan fingerprint density at radius 1 is 1.47 bits per heavy atom. The van der Waals surface area contributed by atoms with Crippen LogP contribution in [0, 0.1) is 5.82 Å². The van der Waals surface area contributed by atoms with Crippen LogP contribution in [-0.2, 0) is 0 Å². The fourth-order valence-corrected chi connectivity index (χ4v) is 2.84. The van der Waals surface area contributed by atoms with Gasteiger partial charge in [0.2, 0.25) is 0 Å². The highest BCUT2D eigenvalue weighted by Gasteiger charge is 2.29. The van der Waals surface area contributed by atoms with Gasteiger partial charge in [0.25, 0.3) is 0 Å². The zero-order valence-corrected chi connectivity index (χ0v) is 10.6. The third-order valence-electron chi connectivity index (χ3n) is 2.90. The Kier molecular flexibility index (Phi) is 2.98. The summed E-state index contributed by atoms with van der Waals surface area (Å²) >= 11 is 0.996. The maximum Gasteiger partial charge on any atom is 0.344 e. The Morgan fingerprint density at radius 3 is 2.95 bits per heavy atom. The Bertz CT molecular complexity index is 691. The molecule has 98 valence electrons. The number of nitrogens with zero attached hydrogens (tertiary/aromatic N) is 2. The largest absolute Gasteiger partial charge is 0.344 e. The summed E-state index contributed by atoms with van der Waals surface area (Å²) in [5.41, 5.74) is -0.0446. The summed E-state index contributed by atoms with van der Waals surface area (Å²) in [5.74, 6) is -0.493. The lowest BCUT2D eigenvalue weighted by Crippen LogP contribution is -2.16. The summed E-state index contributed by atoms with van der Waals surface area (Å²) in [6.07, 6.45) is 2.44. The quantitative estimate of drug-likeness (QED) is 0.869. The molecule has 1 heterocycles. The van der Waals surface area contributed by atoms with Gasteiger partial charge in [-0.2, -0.15) is 0 Å². The third kappa shape index (κ3) is 2.21. The summed E-state index contributed by atoms with van der Waals surface area (Å²) in [4.78, 5) is 22.7. The fraction of sp³-hybridized carbons (Fsp3) is 0.250. The van der Waals surface area contributed by atoms with Crippen LogP contribution in [0.15, 0.2) is 33.0 Å². The van der Waals surface area contributed by atoms with Gasteiger partial charge in [-0.3, -0.25) is 9.36 Å². The topological polar surface area (TPSA) is 67.8 Å². The van der Waals surface area contributed by atoms with Gasteiger partial charge in [0, 0.05) is 11.6 Å². The highest BCUT2D eigenvalue weighted by molar-refractivity contribution is 7.99. The molecule has 1 aromatic heterocycles. The van der Waals surface area contributed by atoms with Crippen molar-refractivity contribution < 1.29 is 9.18 Å². The van der Waals surface area contributed by atoms with Crippen molar-refractivity contribution in [2.75, 3.05) is 0 Å². The summed E-state index contributed by atoms with van der Waals surface area (Å²) < 4.78 is 15.3. The molecular formula is C12H10FN3O2S. The Morgan fingerprint density at radius 2 is 2.26 bits per heavy atom. The highest BCUT2D eigenvalue weighted by atomic mass is 32.2. The van der Waals surface area contributed by atoms with Crippen molar-refractivity contribution in [1.29, 1.82) is 0 Å². The zero-order valence-electron chi connectivity index (χ0n) is 9.80. The first kappa shape index (κ1) is 12.2. The molecule has 0 radical (unpaired) electrons. The molecule has 1 fully saturated rings. The minimum atomic E-state index is -0.493. The average molecular weight is 279 g/mol. The fourth-order valence-electron chi connectivity index (χ4n) is 1.83. The molecule has 1 aromatic carbocycles. The molecule has 3 rings (SSSR count). The second-order valence-corrected chi connectivity index (χ2v) is 5.27. The molecule has 0 unspecified atom stereocenters. The van der Waals surface area contributed by atoms with Crippen molar-refractivity contribution in [2.45, 2.75) is 28.9 Å². The lowest BCUT2D eigenvalue weighted by Gasteiger charge is -2.06. The molecule has 0 spiro atoms. The van der Waals surface area contributed by atoms with E-state index in [4.69, 9.17) is 0 Å². The number of halogens is 1. The highest BCUT2D eigenvalue weighted by Crippen LogP contribution is 2.38. The predicted molar refractivity (Wildman–Crippen MR) is 67.0 cm³/mol. The van der Waals surface area contributed by atoms with Gasteiger partial charge >= 0.3 is 5.69 Å². The molecule has 1 N–H and O–H groups in total. The molecule has 5 nitrogen and oxygen atoms in total. The van der Waals surface area contributed by atoms with Crippen molar-refractivity contribution in [3.8, 4) is 0 Å². The van der Waals surface area contributed by atoms with E-state index < -0.39 is 5.82 Å². The van der Waals surface area contributed by atoms with Gasteiger partial charge in [-0.25, -0.2) is 14.3 Å². The van der Waals surface area contributed by atoms with Gasteiger partial charge in [0.15, 0.2) is 11.4 Å². The Hall–Kier alpha value is -1.89. The number of nitrogens with one attached hydrogen (secondary N) is 1. The number of H-pyrrole nitrogens is 1. The third-order valence-corrected chi connectivity index (χ3v) is 4.01. The van der Waals surface area contributed by atoms with E-state index in [9.17, 15) is 14.0 Å². The van der Waals surface area contributed by atoms with Crippen LogP contribution < -0.4 is 5.69 Å². The minimum Gasteiger partial charge on any atom is -0.298 e. The van der Waals surface area contributed by atoms with Gasteiger partial charge in [-0.15, -0.1) is 5.10 Å². The van der Waals surface area contributed by atoms with Crippen molar-refractivity contribution in [1.82, 2.24) is 14.8 Å². The number of aromatic nitrogens is 3. The lowest BCUT2D eigenvalue weighted by molar-refractivity contribution is 0.112. The second kappa shape index (κ2) is 4.65. The molecule has 1 saturated carbocycles. The minimum absolute atomic E-state index is 0.139. The number of rotatable bonds is 4. The lowest BCUT2D eigenvalue weighted by atomic mass is 10.2. The van der Waals surface area contributed by atoms with Crippen LogP contribution >= 0.6 is 11.8 Å². The van der Waals surface area contributed by atoms with E-state index in [0.717, 1.165) is 24.6 Å². The first-order chi connectivity index (χ1) is 9.20. The van der Waals surface area contributed by atoms with E-state index in [0.29, 0.717) is 11.4 Å². The van der Waals surface area contributed by atoms with Crippen LogP contribution in [0.4, 0.5) is 4.39 Å². The Balaban J connectivity index is 2.02. The van der Waals surface area contributed by atoms with Crippen LogP contribution in [-0.4, -0.2) is 21.1 Å².